The zero-order chi connectivity index (χ0) is 15.4. The van der Waals surface area contributed by atoms with E-state index >= 15 is 0 Å². The number of aromatic nitrogens is 1. The van der Waals surface area contributed by atoms with Crippen LogP contribution < -0.4 is 5.32 Å². The zero-order valence-electron chi connectivity index (χ0n) is 11.1. The SMILES string of the molecule is CC(N=C1C=CC(F)=CC1)C(=O)Nc1ccc(Cl)nc1Cl. The molecule has 1 aliphatic rings. The van der Waals surface area contributed by atoms with E-state index in [0.29, 0.717) is 17.8 Å². The fourth-order valence-electron chi connectivity index (χ4n) is 1.66. The summed E-state index contributed by atoms with van der Waals surface area (Å²) in [6.45, 7) is 1.64. The number of aliphatic imine (C=N–C) groups is 1. The minimum Gasteiger partial charge on any atom is -0.322 e. The maximum absolute atomic E-state index is 12.8. The third kappa shape index (κ3) is 4.37. The monoisotopic (exact) mass is 327 g/mol. The molecule has 1 amide bonds. The van der Waals surface area contributed by atoms with Crippen molar-refractivity contribution in [1.29, 1.82) is 0 Å². The van der Waals surface area contributed by atoms with Gasteiger partial charge in [0.15, 0.2) is 5.15 Å². The van der Waals surface area contributed by atoms with Crippen LogP contribution in [0, 0.1) is 0 Å². The van der Waals surface area contributed by atoms with E-state index < -0.39 is 6.04 Å². The fourth-order valence-corrected chi connectivity index (χ4v) is 2.05. The van der Waals surface area contributed by atoms with Gasteiger partial charge >= 0.3 is 0 Å². The fraction of sp³-hybridized carbons (Fsp3) is 0.214. The first kappa shape index (κ1) is 15.7. The van der Waals surface area contributed by atoms with E-state index in [4.69, 9.17) is 23.2 Å². The van der Waals surface area contributed by atoms with Gasteiger partial charge in [-0.3, -0.25) is 9.79 Å². The predicted molar refractivity (Wildman–Crippen MR) is 82.7 cm³/mol. The van der Waals surface area contributed by atoms with Gasteiger partial charge in [0, 0.05) is 12.1 Å². The van der Waals surface area contributed by atoms with E-state index in [9.17, 15) is 9.18 Å². The number of carbonyl (C=O) groups is 1. The molecule has 1 atom stereocenters. The predicted octanol–water partition coefficient (Wildman–Crippen LogP) is 3.97. The molecule has 1 unspecified atom stereocenters. The van der Waals surface area contributed by atoms with Gasteiger partial charge in [0.05, 0.1) is 5.69 Å². The number of nitrogens with zero attached hydrogens (tertiary/aromatic N) is 2. The van der Waals surface area contributed by atoms with Crippen molar-refractivity contribution in [2.45, 2.75) is 19.4 Å². The molecule has 0 saturated heterocycles. The number of carbonyl (C=O) groups excluding carboxylic acids is 1. The maximum Gasteiger partial charge on any atom is 0.248 e. The first-order valence-electron chi connectivity index (χ1n) is 6.19. The molecule has 0 saturated carbocycles. The third-order valence-electron chi connectivity index (χ3n) is 2.75. The Balaban J connectivity index is 2.03. The Hall–Kier alpha value is -1.72. The van der Waals surface area contributed by atoms with Crippen LogP contribution in [-0.2, 0) is 4.79 Å². The third-order valence-corrected chi connectivity index (χ3v) is 3.25. The van der Waals surface area contributed by atoms with E-state index in [1.807, 2.05) is 0 Å². The molecule has 1 N–H and O–H groups in total. The van der Waals surface area contributed by atoms with Crippen molar-refractivity contribution in [2.75, 3.05) is 5.32 Å². The lowest BCUT2D eigenvalue weighted by Gasteiger charge is -2.11. The van der Waals surface area contributed by atoms with Crippen molar-refractivity contribution < 1.29 is 9.18 Å². The van der Waals surface area contributed by atoms with E-state index in [0.717, 1.165) is 0 Å². The van der Waals surface area contributed by atoms with E-state index in [-0.39, 0.29) is 22.0 Å². The molecular weight excluding hydrogens is 316 g/mol. The average Bonchev–Trinajstić information content (AvgIpc) is 2.44. The second-order valence-corrected chi connectivity index (χ2v) is 5.13. The number of nitrogens with one attached hydrogen (secondary N) is 1. The summed E-state index contributed by atoms with van der Waals surface area (Å²) in [5, 5.41) is 2.98. The summed E-state index contributed by atoms with van der Waals surface area (Å²) < 4.78 is 12.8. The molecule has 7 heteroatoms. The van der Waals surface area contributed by atoms with E-state index in [2.05, 4.69) is 15.3 Å². The van der Waals surface area contributed by atoms with E-state index in [1.165, 1.54) is 18.2 Å². The molecule has 1 aromatic rings. The van der Waals surface area contributed by atoms with Crippen molar-refractivity contribution in [3.63, 3.8) is 0 Å². The van der Waals surface area contributed by atoms with Gasteiger partial charge in [-0.25, -0.2) is 9.37 Å². The molecule has 0 spiro atoms. The van der Waals surface area contributed by atoms with Gasteiger partial charge in [-0.05, 0) is 37.3 Å². The number of amides is 1. The number of allylic oxidation sites excluding steroid dienone is 4. The minimum absolute atomic E-state index is 0.110. The highest BCUT2D eigenvalue weighted by molar-refractivity contribution is 6.34. The summed E-state index contributed by atoms with van der Waals surface area (Å²) in [4.78, 5) is 20.1. The average molecular weight is 328 g/mol. The molecule has 2 rings (SSSR count). The summed E-state index contributed by atoms with van der Waals surface area (Å²) in [6, 6.07) is 2.46. The Bertz CT molecular complexity index is 656. The number of hydrogen-bond acceptors (Lipinski definition) is 3. The Morgan fingerprint density at radius 3 is 2.81 bits per heavy atom. The molecule has 110 valence electrons. The van der Waals surface area contributed by atoms with Crippen molar-refractivity contribution in [3.8, 4) is 0 Å². The van der Waals surface area contributed by atoms with Crippen molar-refractivity contribution >= 4 is 40.5 Å². The van der Waals surface area contributed by atoms with Gasteiger partial charge in [-0.1, -0.05) is 23.2 Å². The quantitative estimate of drug-likeness (QED) is 0.854. The normalized spacial score (nSPS) is 17.5. The largest absolute Gasteiger partial charge is 0.322 e. The van der Waals surface area contributed by atoms with Crippen LogP contribution in [0.15, 0.2) is 41.2 Å². The van der Waals surface area contributed by atoms with Gasteiger partial charge < -0.3 is 5.32 Å². The van der Waals surface area contributed by atoms with Crippen molar-refractivity contribution in [3.05, 3.63) is 46.5 Å². The van der Waals surface area contributed by atoms with E-state index in [1.54, 1.807) is 19.1 Å². The van der Waals surface area contributed by atoms with Gasteiger partial charge in [0.2, 0.25) is 5.91 Å². The standard InChI is InChI=1S/C14H12Cl2FN3O/c1-8(18-10-4-2-9(17)3-5-10)14(21)19-11-6-7-12(15)20-13(11)16/h2-4,6-8H,5H2,1H3,(H,19,21). The van der Waals surface area contributed by atoms with Crippen molar-refractivity contribution in [2.24, 2.45) is 4.99 Å². The molecule has 1 heterocycles. The zero-order valence-corrected chi connectivity index (χ0v) is 12.6. The Kier molecular flexibility index (Phi) is 5.09. The number of halogens is 3. The first-order valence-corrected chi connectivity index (χ1v) is 6.94. The first-order chi connectivity index (χ1) is 9.95. The lowest BCUT2D eigenvalue weighted by molar-refractivity contribution is -0.117. The number of rotatable bonds is 3. The number of pyridine rings is 1. The van der Waals surface area contributed by atoms with Crippen LogP contribution in [0.3, 0.4) is 0 Å². The molecule has 21 heavy (non-hydrogen) atoms. The van der Waals surface area contributed by atoms with Gasteiger partial charge in [0.1, 0.15) is 17.0 Å². The van der Waals surface area contributed by atoms with Gasteiger partial charge in [0.25, 0.3) is 0 Å². The Labute approximate surface area is 131 Å². The minimum atomic E-state index is -0.633. The van der Waals surface area contributed by atoms with Crippen LogP contribution >= 0.6 is 23.2 Å². The summed E-state index contributed by atoms with van der Waals surface area (Å²) in [6.07, 6.45) is 4.63. The Morgan fingerprint density at radius 1 is 1.43 bits per heavy atom. The molecule has 0 aliphatic heterocycles. The summed E-state index contributed by atoms with van der Waals surface area (Å²) in [5.74, 6) is -0.637. The lowest BCUT2D eigenvalue weighted by Crippen LogP contribution is -2.25. The second-order valence-electron chi connectivity index (χ2n) is 4.38. The molecular formula is C14H12Cl2FN3O. The lowest BCUT2D eigenvalue weighted by atomic mass is 10.1. The van der Waals surface area contributed by atoms with Crippen LogP contribution in [0.2, 0.25) is 10.3 Å². The highest BCUT2D eigenvalue weighted by Crippen LogP contribution is 2.21. The van der Waals surface area contributed by atoms with Crippen LogP contribution in [0.1, 0.15) is 13.3 Å². The molecule has 0 radical (unpaired) electrons. The highest BCUT2D eigenvalue weighted by Gasteiger charge is 2.15. The Morgan fingerprint density at radius 2 is 2.19 bits per heavy atom. The van der Waals surface area contributed by atoms with Crippen LogP contribution in [-0.4, -0.2) is 22.6 Å². The molecule has 0 bridgehead atoms. The topological polar surface area (TPSA) is 54.4 Å². The number of hydrogen-bond donors (Lipinski definition) is 1. The van der Waals surface area contributed by atoms with Gasteiger partial charge in [-0.2, -0.15) is 0 Å². The van der Waals surface area contributed by atoms with Gasteiger partial charge in [-0.15, -0.1) is 0 Å². The van der Waals surface area contributed by atoms with Crippen LogP contribution in [0.25, 0.3) is 0 Å². The van der Waals surface area contributed by atoms with Crippen LogP contribution in [0.4, 0.5) is 10.1 Å². The molecule has 1 aliphatic carbocycles. The summed E-state index contributed by atoms with van der Waals surface area (Å²) in [5.41, 5.74) is 1.00. The molecule has 0 fully saturated rings. The summed E-state index contributed by atoms with van der Waals surface area (Å²) >= 11 is 11.6. The highest BCUT2D eigenvalue weighted by atomic mass is 35.5. The smallest absolute Gasteiger partial charge is 0.248 e. The molecule has 4 nitrogen and oxygen atoms in total. The molecule has 1 aromatic heterocycles. The van der Waals surface area contributed by atoms with Crippen molar-refractivity contribution in [1.82, 2.24) is 4.98 Å². The second kappa shape index (κ2) is 6.83. The number of anilines is 1. The maximum atomic E-state index is 12.8. The summed E-state index contributed by atoms with van der Waals surface area (Å²) in [7, 11) is 0. The molecule has 0 aromatic carbocycles. The van der Waals surface area contributed by atoms with Crippen LogP contribution in [0.5, 0.6) is 0 Å².